The molecule has 3 heteroatoms. The topological polar surface area (TPSA) is 16.4 Å². The first-order valence-electron chi connectivity index (χ1n) is 21.5. The number of anilines is 3. The van der Waals surface area contributed by atoms with Crippen molar-refractivity contribution in [3.8, 4) is 22.3 Å². The van der Waals surface area contributed by atoms with Crippen molar-refractivity contribution < 1.29 is 4.42 Å². The highest BCUT2D eigenvalue weighted by molar-refractivity contribution is 7.24. The van der Waals surface area contributed by atoms with Gasteiger partial charge in [0.1, 0.15) is 11.2 Å². The van der Waals surface area contributed by atoms with Crippen LogP contribution in [0.5, 0.6) is 0 Å². The van der Waals surface area contributed by atoms with Gasteiger partial charge in [0.2, 0.25) is 0 Å². The van der Waals surface area contributed by atoms with Crippen LogP contribution in [-0.2, 0) is 10.8 Å². The molecule has 1 aliphatic carbocycles. The summed E-state index contributed by atoms with van der Waals surface area (Å²) in [7, 11) is -2.69. The fourth-order valence-corrected chi connectivity index (χ4v) is 18.2. The number of hydrogen-bond donors (Lipinski definition) is 0. The van der Waals surface area contributed by atoms with E-state index >= 15 is 0 Å². The molecule has 0 fully saturated rings. The van der Waals surface area contributed by atoms with Crippen LogP contribution in [0, 0.1) is 0 Å². The Morgan fingerprint density at radius 1 is 0.377 bits per heavy atom. The summed E-state index contributed by atoms with van der Waals surface area (Å²) in [6, 6.07) is 76.1. The predicted molar refractivity (Wildman–Crippen MR) is 254 cm³/mol. The summed E-state index contributed by atoms with van der Waals surface area (Å²) in [5.41, 5.74) is 17.9. The van der Waals surface area contributed by atoms with Gasteiger partial charge in [-0.2, -0.15) is 0 Å². The normalized spacial score (nSPS) is 16.1. The Morgan fingerprint density at radius 3 is 1.52 bits per heavy atom. The van der Waals surface area contributed by atoms with Gasteiger partial charge < -0.3 is 9.32 Å². The Morgan fingerprint density at radius 2 is 0.885 bits per heavy atom. The Balaban J connectivity index is 1.12. The van der Waals surface area contributed by atoms with Crippen molar-refractivity contribution in [2.24, 2.45) is 0 Å². The summed E-state index contributed by atoms with van der Waals surface area (Å²) in [5.74, 6) is 0. The molecule has 2 nitrogen and oxygen atoms in total. The van der Waals surface area contributed by atoms with E-state index in [1.54, 1.807) is 0 Å². The number of nitrogens with zero attached hydrogens (tertiary/aromatic N) is 1. The minimum absolute atomic E-state index is 0.198. The van der Waals surface area contributed by atoms with E-state index in [1.807, 2.05) is 0 Å². The summed E-state index contributed by atoms with van der Waals surface area (Å²) < 4.78 is 6.81. The monoisotopic (exact) mass is 793 g/mol. The van der Waals surface area contributed by atoms with E-state index in [-0.39, 0.29) is 5.41 Å². The highest BCUT2D eigenvalue weighted by Gasteiger charge is 2.56. The molecule has 2 spiro atoms. The van der Waals surface area contributed by atoms with Crippen molar-refractivity contribution in [2.75, 3.05) is 4.90 Å². The van der Waals surface area contributed by atoms with Crippen molar-refractivity contribution in [1.82, 2.24) is 0 Å². The van der Waals surface area contributed by atoms with Crippen LogP contribution in [0.2, 0.25) is 0 Å². The summed E-state index contributed by atoms with van der Waals surface area (Å²) in [5, 5.41) is 8.19. The third kappa shape index (κ3) is 3.90. The fraction of sp³-hybridized carbons (Fsp3) is 0.0690. The molecular formula is C58H39NOSi. The zero-order valence-electron chi connectivity index (χ0n) is 33.9. The molecule has 0 amide bonds. The molecule has 9 aromatic carbocycles. The molecule has 0 N–H and O–H groups in total. The second kappa shape index (κ2) is 11.5. The molecule has 3 aliphatic heterocycles. The second-order valence-electron chi connectivity index (χ2n) is 17.9. The lowest BCUT2D eigenvalue weighted by Crippen LogP contribution is -2.70. The van der Waals surface area contributed by atoms with Gasteiger partial charge >= 0.3 is 0 Å². The lowest BCUT2D eigenvalue weighted by Gasteiger charge is -2.52. The Labute approximate surface area is 356 Å². The van der Waals surface area contributed by atoms with Crippen LogP contribution in [0.3, 0.4) is 0 Å². The first-order valence-corrected chi connectivity index (χ1v) is 23.5. The molecule has 0 bridgehead atoms. The number of para-hydroxylation sites is 2. The maximum atomic E-state index is 6.81. The van der Waals surface area contributed by atoms with Crippen LogP contribution in [0.25, 0.3) is 44.2 Å². The van der Waals surface area contributed by atoms with Gasteiger partial charge in [-0.3, -0.25) is 0 Å². The lowest BCUT2D eigenvalue weighted by atomic mass is 9.53. The zero-order chi connectivity index (χ0) is 40.2. The second-order valence-corrected chi connectivity index (χ2v) is 21.6. The van der Waals surface area contributed by atoms with Crippen molar-refractivity contribution in [3.05, 3.63) is 234 Å². The molecule has 14 rings (SSSR count). The highest BCUT2D eigenvalue weighted by Crippen LogP contribution is 2.63. The molecule has 0 radical (unpaired) electrons. The molecule has 0 saturated heterocycles. The quantitative estimate of drug-likeness (QED) is 0.154. The molecule has 61 heavy (non-hydrogen) atoms. The van der Waals surface area contributed by atoms with Crippen LogP contribution < -0.4 is 25.6 Å². The largest absolute Gasteiger partial charge is 0.456 e. The average molecular weight is 794 g/mol. The van der Waals surface area contributed by atoms with E-state index in [2.05, 4.69) is 219 Å². The van der Waals surface area contributed by atoms with Gasteiger partial charge in [-0.1, -0.05) is 178 Å². The number of hydrogen-bond acceptors (Lipinski definition) is 2. The first kappa shape index (κ1) is 33.6. The Bertz CT molecular complexity index is 3440. The number of fused-ring (bicyclic) bond motifs is 21. The summed E-state index contributed by atoms with van der Waals surface area (Å²) in [6.45, 7) is 4.78. The molecule has 0 atom stereocenters. The summed E-state index contributed by atoms with van der Waals surface area (Å²) in [6.07, 6.45) is 0. The van der Waals surface area contributed by atoms with Crippen LogP contribution in [-0.4, -0.2) is 8.07 Å². The van der Waals surface area contributed by atoms with Crippen molar-refractivity contribution in [2.45, 2.75) is 24.7 Å². The van der Waals surface area contributed by atoms with Gasteiger partial charge in [-0.05, 0) is 113 Å². The molecule has 4 heterocycles. The molecular weight excluding hydrogens is 755 g/mol. The molecule has 286 valence electrons. The van der Waals surface area contributed by atoms with Gasteiger partial charge in [-0.25, -0.2) is 0 Å². The molecule has 1 aromatic heterocycles. The van der Waals surface area contributed by atoms with Gasteiger partial charge in [0.15, 0.2) is 8.07 Å². The van der Waals surface area contributed by atoms with Crippen molar-refractivity contribution in [3.63, 3.8) is 0 Å². The van der Waals surface area contributed by atoms with Gasteiger partial charge in [0, 0.05) is 21.9 Å². The smallest absolute Gasteiger partial charge is 0.182 e. The standard InChI is InChI=1S/C58H39NOSi/c1-57(2)43-21-7-9-23-45(43)58(46-24-10-8-22-44(46)57)47-25-11-12-26-49(47)59(50-34-42-37-17-3-13-27-51(37)60-52(42)35-48(50)58)36-31-32-41-40-20-6-16-30-55(40)61(56(41)33-36)53-28-14-4-18-38(53)39-19-5-15-29-54(39)61/h3-35H,1-2H3. The van der Waals surface area contributed by atoms with Crippen molar-refractivity contribution >= 4 is 67.8 Å². The number of benzene rings is 9. The average Bonchev–Trinajstić information content (AvgIpc) is 3.93. The maximum absolute atomic E-state index is 6.81. The van der Waals surface area contributed by atoms with Gasteiger partial charge in [0.25, 0.3) is 0 Å². The predicted octanol–water partition coefficient (Wildman–Crippen LogP) is 11.7. The minimum atomic E-state index is -2.69. The molecule has 0 unspecified atom stereocenters. The summed E-state index contributed by atoms with van der Waals surface area (Å²) >= 11 is 0. The summed E-state index contributed by atoms with van der Waals surface area (Å²) in [4.78, 5) is 2.58. The fourth-order valence-electron chi connectivity index (χ4n) is 12.6. The number of rotatable bonds is 1. The van der Waals surface area contributed by atoms with Crippen LogP contribution in [0.1, 0.15) is 47.2 Å². The highest BCUT2D eigenvalue weighted by atomic mass is 28.3. The van der Waals surface area contributed by atoms with Gasteiger partial charge in [-0.15, -0.1) is 0 Å². The van der Waals surface area contributed by atoms with E-state index in [9.17, 15) is 0 Å². The number of furan rings is 1. The van der Waals surface area contributed by atoms with E-state index in [1.165, 1.54) is 93.4 Å². The molecule has 10 aromatic rings. The van der Waals surface area contributed by atoms with E-state index in [0.717, 1.165) is 21.9 Å². The van der Waals surface area contributed by atoms with E-state index in [0.29, 0.717) is 0 Å². The third-order valence-electron chi connectivity index (χ3n) is 14.9. The Hall–Kier alpha value is -7.20. The van der Waals surface area contributed by atoms with Gasteiger partial charge in [0.05, 0.1) is 16.8 Å². The minimum Gasteiger partial charge on any atom is -0.456 e. The van der Waals surface area contributed by atoms with Crippen LogP contribution in [0.4, 0.5) is 17.1 Å². The SMILES string of the molecule is CC1(C)c2ccccc2C2(c3ccccc3N(c3ccc4c(c3)[Si]3(c5ccccc5-c5ccccc53)c3ccccc3-4)c3cc4c(cc32)oc2ccccc24)c2ccccc21. The maximum Gasteiger partial charge on any atom is 0.182 e. The molecule has 4 aliphatic rings. The third-order valence-corrected chi connectivity index (χ3v) is 19.9. The van der Waals surface area contributed by atoms with E-state index in [4.69, 9.17) is 4.42 Å². The van der Waals surface area contributed by atoms with E-state index < -0.39 is 13.5 Å². The van der Waals surface area contributed by atoms with Crippen molar-refractivity contribution in [1.29, 1.82) is 0 Å². The first-order chi connectivity index (χ1) is 30.0. The van der Waals surface area contributed by atoms with Crippen LogP contribution >= 0.6 is 0 Å². The Kier molecular flexibility index (Phi) is 6.36. The van der Waals surface area contributed by atoms with Crippen LogP contribution in [0.15, 0.2) is 205 Å². The molecule has 0 saturated carbocycles. The lowest BCUT2D eigenvalue weighted by molar-refractivity contribution is 0.556. The zero-order valence-corrected chi connectivity index (χ0v) is 34.9.